The van der Waals surface area contributed by atoms with Crippen molar-refractivity contribution >= 4 is 92.9 Å². The van der Waals surface area contributed by atoms with E-state index < -0.39 is 149 Å². The molecule has 3 heterocycles. The van der Waals surface area contributed by atoms with Crippen LogP contribution in [0.1, 0.15) is 108 Å². The number of alkyl carbamates (subject to hydrolysis) is 1. The number of halogens is 5. The van der Waals surface area contributed by atoms with Crippen molar-refractivity contribution in [3.63, 3.8) is 0 Å². The minimum atomic E-state index is -5.22. The van der Waals surface area contributed by atoms with E-state index in [1.165, 1.54) is 33.1 Å². The highest BCUT2D eigenvalue weighted by Gasteiger charge is 2.64. The molecule has 2 aromatic carbocycles. The van der Waals surface area contributed by atoms with Crippen molar-refractivity contribution in [2.75, 3.05) is 57.0 Å². The summed E-state index contributed by atoms with van der Waals surface area (Å²) in [5.41, 5.74) is 0.800. The molecule has 8 N–H and O–H groups in total. The van der Waals surface area contributed by atoms with Crippen LogP contribution in [0.25, 0.3) is 0 Å². The van der Waals surface area contributed by atoms with Crippen molar-refractivity contribution < 1.29 is 89.8 Å². The number of fused-ring (bicyclic) bond motifs is 5. The minimum absolute atomic E-state index is 0.00361. The van der Waals surface area contributed by atoms with Gasteiger partial charge in [0.25, 0.3) is 5.91 Å². The molecule has 11 atom stereocenters. The molecule has 2 fully saturated rings. The fraction of sp³-hybridized carbons (Fsp3) is 0.557. The molecule has 2 aromatic rings. The predicted molar refractivity (Wildman–Crippen MR) is 328 cm³/mol. The Hall–Kier alpha value is -7.11. The van der Waals surface area contributed by atoms with E-state index in [0.29, 0.717) is 37.2 Å². The number of amides is 7. The molecule has 29 heteroatoms. The second kappa shape index (κ2) is 32.3. The number of urea groups is 1. The van der Waals surface area contributed by atoms with Gasteiger partial charge in [-0.3, -0.25) is 29.8 Å². The molecule has 3 aliphatic heterocycles. The molecule has 5 rings (SSSR count). The molecule has 24 nitrogen and oxygen atoms in total. The molecule has 7 amide bonds. The first-order chi connectivity index (χ1) is 42.2. The molecule has 496 valence electrons. The number of likely N-dealkylation sites (N-methyl/N-ethyl adjacent to an activating group) is 1. The summed E-state index contributed by atoms with van der Waals surface area (Å²) in [4.78, 5) is 122. The summed E-state index contributed by atoms with van der Waals surface area (Å²) in [5.74, 6) is -6.33. The number of benzene rings is 2. The molecule has 0 radical (unpaired) electrons. The number of alkyl halides is 4. The Bertz CT molecular complexity index is 3060. The van der Waals surface area contributed by atoms with Gasteiger partial charge in [0, 0.05) is 56.6 Å². The Morgan fingerprint density at radius 3 is 2.39 bits per heavy atom. The third kappa shape index (κ3) is 19.2. The monoisotopic (exact) mass is 1350 g/mol. The first-order valence-corrected chi connectivity index (χ1v) is 30.6. The summed E-state index contributed by atoms with van der Waals surface area (Å²) >= 11 is 9.95. The third-order valence-corrected chi connectivity index (χ3v) is 17.0. The number of primary amides is 1. The largest absolute Gasteiger partial charge is 0.495 e. The van der Waals surface area contributed by atoms with Gasteiger partial charge in [-0.25, -0.2) is 19.2 Å². The first-order valence-electron chi connectivity index (χ1n) is 29.1. The zero-order valence-electron chi connectivity index (χ0n) is 51.9. The molecular weight excluding hydrogens is 1270 g/mol. The first kappa shape index (κ1) is 73.6. The van der Waals surface area contributed by atoms with Crippen LogP contribution in [0.5, 0.6) is 5.75 Å². The molecule has 3 aliphatic rings. The zero-order chi connectivity index (χ0) is 67.2. The number of hydrogen-bond donors (Lipinski definition) is 7. The maximum Gasteiger partial charge on any atom is 0.418 e. The van der Waals surface area contributed by atoms with Crippen molar-refractivity contribution in [2.45, 2.75) is 159 Å². The van der Waals surface area contributed by atoms with E-state index in [-0.39, 0.29) is 66.2 Å². The number of hydrogen-bond acceptors (Lipinski definition) is 17. The Kier molecular flexibility index (Phi) is 26.4. The number of carbonyl (C=O) groups is 9. The number of allylic oxidation sites excluding steroid dienone is 3. The standard InChI is InChI=1S/C61H81BrClF3N8O16/c1-32(2)50(69-39(31-75)17-12-13-23-87-55(80)34(4)30-62)53(78)71-42(18-15-22-68-57(67)82)52(77)70-41-21-20-38(27-40(41)61(64,65)66)54(79)73(8)36(6)56(81)89-47-28-48(76)74(9)43-25-37(26-44(85-10)49(43)63)24-33(3)16-14-19-46(86-11)60(84)29-45(88-58(83)72-60)35(5)51-59(47,7)90-51/h14,16,19-21,25-27,31-32,35-36,39,42,45-47,50-51,69,84H,4,12-13,15,17-18,22-24,28-30H2,1-3,5-11H3,(H,70,77)(H,71,78)(H,72,83)(H3,67,68,82)/b19-14+,33-16+/t35-,36+,39?,42+,45+,46-,47+,50+,51+,59+,60+/m1/s1. The quantitative estimate of drug-likeness (QED) is 0.0105. The van der Waals surface area contributed by atoms with Crippen molar-refractivity contribution in [2.24, 2.45) is 17.6 Å². The minimum Gasteiger partial charge on any atom is -0.495 e. The predicted octanol–water partition coefficient (Wildman–Crippen LogP) is 6.57. The number of ether oxygens (including phenoxy) is 6. The SMILES string of the molecule is C=C(CBr)C(=O)OCCCCC(C=O)N[C@H](C(=O)N[C@@H](CCCNC(N)=O)C(=O)Nc1ccc(C(=O)N(C)[C@@H](C)C(=O)O[C@H]2CC(=O)N(C)c3cc(cc(OC)c3Cl)C/C(C)=C/C=C/[C@@H](OC)[C@@]3(O)C[C@H](OC(=O)N3)[C@@H](C)[C@@H]3O[C@@]23C)cc1C(F)(F)F)C(C)C. The fourth-order valence-electron chi connectivity index (χ4n) is 10.5. The lowest BCUT2D eigenvalue weighted by molar-refractivity contribution is -0.158. The van der Waals surface area contributed by atoms with E-state index in [1.54, 1.807) is 58.1 Å². The number of unbranched alkanes of at least 4 members (excludes halogenated alkanes) is 1. The van der Waals surface area contributed by atoms with Crippen LogP contribution < -0.4 is 42.0 Å². The number of aldehydes is 1. The number of carbonyl (C=O) groups excluding carboxylic acids is 9. The highest BCUT2D eigenvalue weighted by atomic mass is 79.9. The zero-order valence-corrected chi connectivity index (χ0v) is 54.2. The van der Waals surface area contributed by atoms with E-state index in [0.717, 1.165) is 29.7 Å². The van der Waals surface area contributed by atoms with Gasteiger partial charge in [0.1, 0.15) is 53.1 Å². The van der Waals surface area contributed by atoms with E-state index in [2.05, 4.69) is 49.1 Å². The van der Waals surface area contributed by atoms with Crippen LogP contribution in [0.3, 0.4) is 0 Å². The summed E-state index contributed by atoms with van der Waals surface area (Å²) in [7, 11) is 5.35. The van der Waals surface area contributed by atoms with Crippen LogP contribution >= 0.6 is 27.5 Å². The molecule has 4 bridgehead atoms. The lowest BCUT2D eigenvalue weighted by Crippen LogP contribution is -2.63. The summed E-state index contributed by atoms with van der Waals surface area (Å²) in [6.45, 7) is 13.2. The fourth-order valence-corrected chi connectivity index (χ4v) is 11.0. The number of aliphatic hydroxyl groups is 1. The number of epoxide rings is 1. The van der Waals surface area contributed by atoms with E-state index in [1.807, 2.05) is 6.92 Å². The van der Waals surface area contributed by atoms with Crippen molar-refractivity contribution in [1.29, 1.82) is 0 Å². The Morgan fingerprint density at radius 1 is 1.07 bits per heavy atom. The van der Waals surface area contributed by atoms with Crippen LogP contribution in [-0.4, -0.2) is 171 Å². The molecule has 0 aromatic heterocycles. The van der Waals surface area contributed by atoms with Crippen LogP contribution in [0.2, 0.25) is 5.02 Å². The molecule has 0 saturated carbocycles. The number of anilines is 2. The molecule has 1 unspecified atom stereocenters. The van der Waals surface area contributed by atoms with Gasteiger partial charge in [-0.15, -0.1) is 0 Å². The van der Waals surface area contributed by atoms with Crippen LogP contribution in [0.4, 0.5) is 34.1 Å². The van der Waals surface area contributed by atoms with Crippen LogP contribution in [0, 0.1) is 11.8 Å². The van der Waals surface area contributed by atoms with Gasteiger partial charge in [0.2, 0.25) is 17.7 Å². The van der Waals surface area contributed by atoms with Gasteiger partial charge < -0.3 is 69.8 Å². The number of nitrogens with zero attached hydrogens (tertiary/aromatic N) is 2. The second-order valence-electron chi connectivity index (χ2n) is 23.1. The number of rotatable bonds is 25. The van der Waals surface area contributed by atoms with Gasteiger partial charge in [-0.2, -0.15) is 13.2 Å². The lowest BCUT2D eigenvalue weighted by Gasteiger charge is -2.42. The van der Waals surface area contributed by atoms with Gasteiger partial charge in [0.15, 0.2) is 5.72 Å². The average molecular weight is 1350 g/mol. The lowest BCUT2D eigenvalue weighted by atomic mass is 9.83. The molecule has 0 spiro atoms. The maximum absolute atomic E-state index is 15.1. The second-order valence-corrected chi connectivity index (χ2v) is 24.0. The van der Waals surface area contributed by atoms with Crippen molar-refractivity contribution in [3.8, 4) is 5.75 Å². The maximum atomic E-state index is 15.1. The van der Waals surface area contributed by atoms with Crippen LogP contribution in [0.15, 0.2) is 66.3 Å². The Balaban J connectivity index is 1.39. The van der Waals surface area contributed by atoms with E-state index >= 15 is 13.2 Å². The van der Waals surface area contributed by atoms with Gasteiger partial charge in [-0.05, 0) is 101 Å². The number of nitrogens with two attached hydrogens (primary N) is 1. The van der Waals surface area contributed by atoms with E-state index in [9.17, 15) is 48.3 Å². The smallest absolute Gasteiger partial charge is 0.418 e. The molecule has 0 aliphatic carbocycles. The van der Waals surface area contributed by atoms with E-state index in [4.69, 9.17) is 45.8 Å². The van der Waals surface area contributed by atoms with Crippen LogP contribution in [-0.2, 0) is 65.0 Å². The number of esters is 2. The van der Waals surface area contributed by atoms with Crippen molar-refractivity contribution in [1.82, 2.24) is 26.2 Å². The summed E-state index contributed by atoms with van der Waals surface area (Å²) in [6, 6.07) is -0.306. The van der Waals surface area contributed by atoms with Gasteiger partial charge in [0.05, 0.1) is 55.3 Å². The molecule has 2 saturated heterocycles. The average Bonchev–Trinajstić information content (AvgIpc) is 1.57. The number of methoxy groups -OCH3 is 2. The summed E-state index contributed by atoms with van der Waals surface area (Å²) in [6.07, 6.45) is -4.69. The summed E-state index contributed by atoms with van der Waals surface area (Å²) in [5, 5.41) is 24.8. The van der Waals surface area contributed by atoms with Crippen molar-refractivity contribution in [3.05, 3.63) is 88.0 Å². The topological polar surface area (TPSA) is 325 Å². The van der Waals surface area contributed by atoms with Gasteiger partial charge >= 0.3 is 30.2 Å². The Morgan fingerprint density at radius 2 is 1.77 bits per heavy atom. The molecular formula is C61H81BrClF3N8O16. The third-order valence-electron chi connectivity index (χ3n) is 16.0. The highest BCUT2D eigenvalue weighted by molar-refractivity contribution is 9.09. The number of nitrogens with one attached hydrogen (secondary N) is 5. The summed E-state index contributed by atoms with van der Waals surface area (Å²) < 4.78 is 79.7. The van der Waals surface area contributed by atoms with Gasteiger partial charge in [-0.1, -0.05) is 78.7 Å². The highest BCUT2D eigenvalue weighted by Crippen LogP contribution is 2.49. The normalized spacial score (nSPS) is 24.2. The molecule has 90 heavy (non-hydrogen) atoms. The Labute approximate surface area is 533 Å².